The fraction of sp³-hybridized carbons (Fsp3) is 0.200. The predicted molar refractivity (Wildman–Crippen MR) is 76.0 cm³/mol. The van der Waals surface area contributed by atoms with Crippen molar-refractivity contribution in [2.45, 2.75) is 6.42 Å². The highest BCUT2D eigenvalue weighted by molar-refractivity contribution is 5.68. The predicted octanol–water partition coefficient (Wildman–Crippen LogP) is 3.07. The van der Waals surface area contributed by atoms with E-state index in [2.05, 4.69) is 5.32 Å². The lowest BCUT2D eigenvalue weighted by atomic mass is 10.1. The number of anilines is 2. The SMILES string of the molecule is COc1ccc(N)c(NCCc2ccccc2F)c1. The van der Waals surface area contributed by atoms with Gasteiger partial charge in [-0.15, -0.1) is 0 Å². The van der Waals surface area contributed by atoms with Gasteiger partial charge in [0.25, 0.3) is 0 Å². The molecule has 0 aliphatic carbocycles. The van der Waals surface area contributed by atoms with Crippen LogP contribution in [0.2, 0.25) is 0 Å². The van der Waals surface area contributed by atoms with Gasteiger partial charge in [0.15, 0.2) is 0 Å². The molecule has 4 heteroatoms. The number of nitrogens with two attached hydrogens (primary N) is 1. The fourth-order valence-corrected chi connectivity index (χ4v) is 1.85. The van der Waals surface area contributed by atoms with Crippen LogP contribution < -0.4 is 15.8 Å². The number of ether oxygens (including phenoxy) is 1. The molecule has 3 nitrogen and oxygen atoms in total. The van der Waals surface area contributed by atoms with E-state index in [1.807, 2.05) is 12.1 Å². The van der Waals surface area contributed by atoms with E-state index in [0.29, 0.717) is 24.2 Å². The molecule has 0 saturated carbocycles. The summed E-state index contributed by atoms with van der Waals surface area (Å²) in [5.74, 6) is 0.561. The zero-order valence-corrected chi connectivity index (χ0v) is 10.8. The van der Waals surface area contributed by atoms with Crippen LogP contribution in [0.15, 0.2) is 42.5 Å². The molecule has 19 heavy (non-hydrogen) atoms. The molecule has 0 heterocycles. The quantitative estimate of drug-likeness (QED) is 0.812. The highest BCUT2D eigenvalue weighted by Gasteiger charge is 2.03. The second-order valence-electron chi connectivity index (χ2n) is 4.22. The second kappa shape index (κ2) is 6.09. The van der Waals surface area contributed by atoms with E-state index < -0.39 is 0 Å². The van der Waals surface area contributed by atoms with Gasteiger partial charge in [-0.05, 0) is 30.2 Å². The van der Waals surface area contributed by atoms with Gasteiger partial charge < -0.3 is 15.8 Å². The molecule has 0 aliphatic rings. The molecule has 2 rings (SSSR count). The summed E-state index contributed by atoms with van der Waals surface area (Å²) in [6, 6.07) is 12.2. The lowest BCUT2D eigenvalue weighted by molar-refractivity contribution is 0.415. The molecule has 0 unspecified atom stereocenters. The summed E-state index contributed by atoms with van der Waals surface area (Å²) in [6.45, 7) is 0.609. The van der Waals surface area contributed by atoms with Crippen molar-refractivity contribution < 1.29 is 9.13 Å². The van der Waals surface area contributed by atoms with Gasteiger partial charge in [0.05, 0.1) is 18.5 Å². The Kier molecular flexibility index (Phi) is 4.23. The van der Waals surface area contributed by atoms with E-state index in [0.717, 1.165) is 11.4 Å². The van der Waals surface area contributed by atoms with Crippen molar-refractivity contribution in [1.82, 2.24) is 0 Å². The number of benzene rings is 2. The summed E-state index contributed by atoms with van der Waals surface area (Å²) < 4.78 is 18.6. The average Bonchev–Trinajstić information content (AvgIpc) is 2.43. The first-order valence-electron chi connectivity index (χ1n) is 6.11. The van der Waals surface area contributed by atoms with Crippen LogP contribution in [0.4, 0.5) is 15.8 Å². The summed E-state index contributed by atoms with van der Waals surface area (Å²) in [5, 5.41) is 3.19. The first-order valence-corrected chi connectivity index (χ1v) is 6.11. The van der Waals surface area contributed by atoms with Gasteiger partial charge in [-0.25, -0.2) is 4.39 Å². The summed E-state index contributed by atoms with van der Waals surface area (Å²) in [6.07, 6.45) is 0.601. The van der Waals surface area contributed by atoms with Gasteiger partial charge in [0, 0.05) is 12.6 Å². The zero-order chi connectivity index (χ0) is 13.7. The molecule has 0 spiro atoms. The third-order valence-corrected chi connectivity index (χ3v) is 2.93. The molecule has 0 fully saturated rings. The molecule has 0 bridgehead atoms. The molecular weight excluding hydrogens is 243 g/mol. The molecular formula is C15H17FN2O. The Balaban J connectivity index is 1.98. The van der Waals surface area contributed by atoms with Crippen LogP contribution in [-0.4, -0.2) is 13.7 Å². The maximum atomic E-state index is 13.4. The van der Waals surface area contributed by atoms with E-state index in [-0.39, 0.29) is 5.82 Å². The second-order valence-corrected chi connectivity index (χ2v) is 4.22. The minimum atomic E-state index is -0.178. The van der Waals surface area contributed by atoms with Gasteiger partial charge in [-0.2, -0.15) is 0 Å². The Hall–Kier alpha value is -2.23. The Morgan fingerprint density at radius 1 is 1.21 bits per heavy atom. The summed E-state index contributed by atoms with van der Waals surface area (Å²) in [5.41, 5.74) is 8.00. The Bertz CT molecular complexity index is 558. The number of hydrogen-bond acceptors (Lipinski definition) is 3. The Morgan fingerprint density at radius 3 is 2.74 bits per heavy atom. The van der Waals surface area contributed by atoms with E-state index in [9.17, 15) is 4.39 Å². The Morgan fingerprint density at radius 2 is 2.00 bits per heavy atom. The van der Waals surface area contributed by atoms with Crippen molar-refractivity contribution in [2.75, 3.05) is 24.7 Å². The van der Waals surface area contributed by atoms with Gasteiger partial charge in [-0.3, -0.25) is 0 Å². The third-order valence-electron chi connectivity index (χ3n) is 2.93. The van der Waals surface area contributed by atoms with E-state index in [4.69, 9.17) is 10.5 Å². The number of methoxy groups -OCH3 is 1. The van der Waals surface area contributed by atoms with Crippen LogP contribution in [0, 0.1) is 5.82 Å². The molecule has 100 valence electrons. The van der Waals surface area contributed by atoms with Gasteiger partial charge in [0.1, 0.15) is 11.6 Å². The molecule has 0 saturated heterocycles. The van der Waals surface area contributed by atoms with Crippen LogP contribution >= 0.6 is 0 Å². The maximum absolute atomic E-state index is 13.4. The lowest BCUT2D eigenvalue weighted by Crippen LogP contribution is -2.08. The minimum Gasteiger partial charge on any atom is -0.497 e. The average molecular weight is 260 g/mol. The topological polar surface area (TPSA) is 47.3 Å². The van der Waals surface area contributed by atoms with E-state index in [1.54, 1.807) is 31.4 Å². The highest BCUT2D eigenvalue weighted by Crippen LogP contribution is 2.24. The number of halogens is 1. The molecule has 0 aromatic heterocycles. The monoisotopic (exact) mass is 260 g/mol. The van der Waals surface area contributed by atoms with Crippen molar-refractivity contribution in [3.8, 4) is 5.75 Å². The maximum Gasteiger partial charge on any atom is 0.126 e. The number of nitrogen functional groups attached to an aromatic ring is 1. The van der Waals surface area contributed by atoms with Gasteiger partial charge >= 0.3 is 0 Å². The lowest BCUT2D eigenvalue weighted by Gasteiger charge is -2.11. The summed E-state index contributed by atoms with van der Waals surface area (Å²) >= 11 is 0. The van der Waals surface area contributed by atoms with Crippen LogP contribution in [0.5, 0.6) is 5.75 Å². The molecule has 3 N–H and O–H groups in total. The summed E-state index contributed by atoms with van der Waals surface area (Å²) in [4.78, 5) is 0. The number of nitrogens with one attached hydrogen (secondary N) is 1. The first kappa shape index (κ1) is 13.2. The van der Waals surface area contributed by atoms with Crippen molar-refractivity contribution in [3.05, 3.63) is 53.8 Å². The first-order chi connectivity index (χ1) is 9.20. The van der Waals surface area contributed by atoms with Crippen molar-refractivity contribution in [1.29, 1.82) is 0 Å². The van der Waals surface area contributed by atoms with Crippen LogP contribution in [-0.2, 0) is 6.42 Å². The largest absolute Gasteiger partial charge is 0.497 e. The molecule has 2 aromatic carbocycles. The van der Waals surface area contributed by atoms with Crippen molar-refractivity contribution in [3.63, 3.8) is 0 Å². The van der Waals surface area contributed by atoms with Crippen LogP contribution in [0.25, 0.3) is 0 Å². The van der Waals surface area contributed by atoms with E-state index >= 15 is 0 Å². The minimum absolute atomic E-state index is 0.178. The normalized spacial score (nSPS) is 10.2. The van der Waals surface area contributed by atoms with Crippen LogP contribution in [0.1, 0.15) is 5.56 Å². The molecule has 0 amide bonds. The van der Waals surface area contributed by atoms with Crippen molar-refractivity contribution in [2.24, 2.45) is 0 Å². The Labute approximate surface area is 112 Å². The van der Waals surface area contributed by atoms with Crippen molar-refractivity contribution >= 4 is 11.4 Å². The number of rotatable bonds is 5. The summed E-state index contributed by atoms with van der Waals surface area (Å²) in [7, 11) is 1.61. The smallest absolute Gasteiger partial charge is 0.126 e. The molecule has 0 radical (unpaired) electrons. The molecule has 0 atom stereocenters. The fourth-order valence-electron chi connectivity index (χ4n) is 1.85. The third kappa shape index (κ3) is 3.37. The standard InChI is InChI=1S/C15H17FN2O/c1-19-12-6-7-14(17)15(10-12)18-9-8-11-4-2-3-5-13(11)16/h2-7,10,18H,8-9,17H2,1H3. The number of hydrogen-bond donors (Lipinski definition) is 2. The van der Waals surface area contributed by atoms with Gasteiger partial charge in [-0.1, -0.05) is 18.2 Å². The zero-order valence-electron chi connectivity index (χ0n) is 10.8. The highest BCUT2D eigenvalue weighted by atomic mass is 19.1. The molecule has 2 aromatic rings. The van der Waals surface area contributed by atoms with E-state index in [1.165, 1.54) is 6.07 Å². The molecule has 0 aliphatic heterocycles. The van der Waals surface area contributed by atoms with Gasteiger partial charge in [0.2, 0.25) is 0 Å². The van der Waals surface area contributed by atoms with Crippen LogP contribution in [0.3, 0.4) is 0 Å².